The van der Waals surface area contributed by atoms with Gasteiger partial charge in [-0.15, -0.1) is 0 Å². The highest BCUT2D eigenvalue weighted by atomic mass is 16.4. The summed E-state index contributed by atoms with van der Waals surface area (Å²) in [4.78, 5) is 13.6. The molecule has 1 aliphatic rings. The van der Waals surface area contributed by atoms with E-state index in [9.17, 15) is 9.90 Å². The van der Waals surface area contributed by atoms with Gasteiger partial charge >= 0.3 is 5.97 Å². The minimum atomic E-state index is -0.672. The van der Waals surface area contributed by atoms with Crippen LogP contribution in [-0.4, -0.2) is 35.1 Å². The zero-order chi connectivity index (χ0) is 13.7. The van der Waals surface area contributed by atoms with Gasteiger partial charge in [0.15, 0.2) is 0 Å². The van der Waals surface area contributed by atoms with Crippen LogP contribution in [0.25, 0.3) is 0 Å². The van der Waals surface area contributed by atoms with Crippen molar-refractivity contribution in [3.8, 4) is 0 Å². The highest BCUT2D eigenvalue weighted by Gasteiger charge is 2.26. The fraction of sp³-hybridized carbons (Fsp3) is 0.562. The Morgan fingerprint density at radius 2 is 1.84 bits per heavy atom. The average molecular weight is 261 g/mol. The molecule has 1 N–H and O–H groups in total. The minimum absolute atomic E-state index is 0.318. The Morgan fingerprint density at radius 3 is 2.42 bits per heavy atom. The highest BCUT2D eigenvalue weighted by Crippen LogP contribution is 2.17. The molecular weight excluding hydrogens is 238 g/mol. The smallest absolute Gasteiger partial charge is 0.320 e. The van der Waals surface area contributed by atoms with Gasteiger partial charge in [-0.2, -0.15) is 0 Å². The lowest BCUT2D eigenvalue weighted by molar-refractivity contribution is -0.144. The van der Waals surface area contributed by atoms with Crippen molar-refractivity contribution >= 4 is 5.97 Å². The van der Waals surface area contributed by atoms with E-state index in [2.05, 4.69) is 36.1 Å². The van der Waals surface area contributed by atoms with Crippen molar-refractivity contribution in [3.05, 3.63) is 35.4 Å². The number of rotatable bonds is 5. The fourth-order valence-corrected chi connectivity index (χ4v) is 2.75. The molecule has 1 saturated heterocycles. The van der Waals surface area contributed by atoms with Gasteiger partial charge in [0, 0.05) is 0 Å². The number of carbonyl (C=O) groups is 1. The van der Waals surface area contributed by atoms with Crippen molar-refractivity contribution in [2.75, 3.05) is 13.1 Å². The van der Waals surface area contributed by atoms with Crippen molar-refractivity contribution in [1.29, 1.82) is 0 Å². The maximum atomic E-state index is 11.4. The lowest BCUT2D eigenvalue weighted by Gasteiger charge is -2.32. The standard InChI is InChI=1S/C16H23NO2/c1-13-5-7-14(8-6-13)9-10-15(16(18)19)17-11-3-2-4-12-17/h5-8,15H,2-4,9-12H2,1H3,(H,18,19). The molecule has 1 unspecified atom stereocenters. The zero-order valence-electron chi connectivity index (χ0n) is 11.6. The molecule has 19 heavy (non-hydrogen) atoms. The van der Waals surface area contributed by atoms with Crippen LogP contribution in [-0.2, 0) is 11.2 Å². The molecule has 0 amide bonds. The number of carboxylic acid groups (broad SMARTS) is 1. The van der Waals surface area contributed by atoms with Crippen LogP contribution in [0.15, 0.2) is 24.3 Å². The van der Waals surface area contributed by atoms with Crippen LogP contribution in [0.3, 0.4) is 0 Å². The zero-order valence-corrected chi connectivity index (χ0v) is 11.6. The molecule has 2 rings (SSSR count). The van der Waals surface area contributed by atoms with Crippen molar-refractivity contribution in [1.82, 2.24) is 4.90 Å². The van der Waals surface area contributed by atoms with Crippen LogP contribution in [0.4, 0.5) is 0 Å². The molecule has 3 heteroatoms. The second-order valence-electron chi connectivity index (χ2n) is 5.47. The van der Waals surface area contributed by atoms with Crippen LogP contribution < -0.4 is 0 Å². The molecular formula is C16H23NO2. The van der Waals surface area contributed by atoms with E-state index in [1.54, 1.807) is 0 Å². The summed E-state index contributed by atoms with van der Waals surface area (Å²) in [6, 6.07) is 8.06. The van der Waals surface area contributed by atoms with E-state index in [0.717, 1.165) is 32.4 Å². The number of aliphatic carboxylic acids is 1. The number of benzene rings is 1. The molecule has 3 nitrogen and oxygen atoms in total. The normalized spacial score (nSPS) is 18.2. The maximum absolute atomic E-state index is 11.4. The molecule has 0 radical (unpaired) electrons. The molecule has 0 aliphatic carbocycles. The van der Waals surface area contributed by atoms with E-state index < -0.39 is 5.97 Å². The number of hydrogen-bond donors (Lipinski definition) is 1. The third-order valence-corrected chi connectivity index (χ3v) is 3.94. The first kappa shape index (κ1) is 14.1. The molecule has 0 bridgehead atoms. The molecule has 0 spiro atoms. The van der Waals surface area contributed by atoms with Crippen molar-refractivity contribution in [2.45, 2.75) is 45.1 Å². The van der Waals surface area contributed by atoms with Crippen LogP contribution in [0.1, 0.15) is 36.8 Å². The summed E-state index contributed by atoms with van der Waals surface area (Å²) in [6.07, 6.45) is 5.05. The highest BCUT2D eigenvalue weighted by molar-refractivity contribution is 5.73. The number of likely N-dealkylation sites (tertiary alicyclic amines) is 1. The first-order valence-corrected chi connectivity index (χ1v) is 7.19. The van der Waals surface area contributed by atoms with Gasteiger partial charge in [0.25, 0.3) is 0 Å². The number of carboxylic acids is 1. The first-order valence-electron chi connectivity index (χ1n) is 7.19. The van der Waals surface area contributed by atoms with Gasteiger partial charge in [-0.05, 0) is 51.3 Å². The molecule has 1 fully saturated rings. The van der Waals surface area contributed by atoms with Crippen LogP contribution in [0, 0.1) is 6.92 Å². The number of aryl methyl sites for hydroxylation is 2. The summed E-state index contributed by atoms with van der Waals surface area (Å²) >= 11 is 0. The summed E-state index contributed by atoms with van der Waals surface area (Å²) in [5.74, 6) is -0.672. The van der Waals surface area contributed by atoms with Gasteiger partial charge in [-0.3, -0.25) is 9.69 Å². The van der Waals surface area contributed by atoms with Gasteiger partial charge in [-0.1, -0.05) is 36.2 Å². The quantitative estimate of drug-likeness (QED) is 0.886. The molecule has 1 heterocycles. The van der Waals surface area contributed by atoms with Crippen molar-refractivity contribution in [2.24, 2.45) is 0 Å². The third kappa shape index (κ3) is 4.06. The molecule has 0 saturated carbocycles. The van der Waals surface area contributed by atoms with E-state index in [1.165, 1.54) is 17.5 Å². The van der Waals surface area contributed by atoms with Crippen molar-refractivity contribution in [3.63, 3.8) is 0 Å². The number of piperidine rings is 1. The van der Waals surface area contributed by atoms with Crippen LogP contribution in [0.2, 0.25) is 0 Å². The molecule has 1 atom stereocenters. The molecule has 0 aromatic heterocycles. The van der Waals surface area contributed by atoms with Gasteiger partial charge in [-0.25, -0.2) is 0 Å². The molecule has 104 valence electrons. The second kappa shape index (κ2) is 6.71. The SMILES string of the molecule is Cc1ccc(CCC(C(=O)O)N2CCCCC2)cc1. The van der Waals surface area contributed by atoms with Gasteiger partial charge < -0.3 is 5.11 Å². The Balaban J connectivity index is 1.93. The number of hydrogen-bond acceptors (Lipinski definition) is 2. The fourth-order valence-electron chi connectivity index (χ4n) is 2.75. The summed E-state index contributed by atoms with van der Waals surface area (Å²) < 4.78 is 0. The summed E-state index contributed by atoms with van der Waals surface area (Å²) in [5.41, 5.74) is 2.48. The van der Waals surface area contributed by atoms with E-state index in [4.69, 9.17) is 0 Å². The first-order chi connectivity index (χ1) is 9.16. The van der Waals surface area contributed by atoms with Crippen LogP contribution in [0.5, 0.6) is 0 Å². The topological polar surface area (TPSA) is 40.5 Å². The predicted molar refractivity (Wildman–Crippen MR) is 76.3 cm³/mol. The van der Waals surface area contributed by atoms with E-state index in [1.807, 2.05) is 0 Å². The van der Waals surface area contributed by atoms with Gasteiger partial charge in [0.1, 0.15) is 6.04 Å². The van der Waals surface area contributed by atoms with E-state index >= 15 is 0 Å². The predicted octanol–water partition coefficient (Wildman–Crippen LogP) is 2.87. The molecule has 1 aromatic carbocycles. The Hall–Kier alpha value is -1.35. The third-order valence-electron chi connectivity index (χ3n) is 3.94. The lowest BCUT2D eigenvalue weighted by Crippen LogP contribution is -2.44. The summed E-state index contributed by atoms with van der Waals surface area (Å²) in [5, 5.41) is 9.41. The minimum Gasteiger partial charge on any atom is -0.480 e. The second-order valence-corrected chi connectivity index (χ2v) is 5.47. The van der Waals surface area contributed by atoms with Crippen molar-refractivity contribution < 1.29 is 9.90 Å². The lowest BCUT2D eigenvalue weighted by atomic mass is 10.0. The van der Waals surface area contributed by atoms with E-state index in [-0.39, 0.29) is 6.04 Å². The molecule has 1 aliphatic heterocycles. The van der Waals surface area contributed by atoms with Crippen LogP contribution >= 0.6 is 0 Å². The Morgan fingerprint density at radius 1 is 1.21 bits per heavy atom. The largest absolute Gasteiger partial charge is 0.480 e. The number of nitrogens with zero attached hydrogens (tertiary/aromatic N) is 1. The average Bonchev–Trinajstić information content (AvgIpc) is 2.42. The monoisotopic (exact) mass is 261 g/mol. The summed E-state index contributed by atoms with van der Waals surface area (Å²) in [7, 11) is 0. The Bertz CT molecular complexity index is 407. The van der Waals surface area contributed by atoms with E-state index in [0.29, 0.717) is 6.42 Å². The Labute approximate surface area is 115 Å². The van der Waals surface area contributed by atoms with Gasteiger partial charge in [0.2, 0.25) is 0 Å². The Kier molecular flexibility index (Phi) is 4.97. The maximum Gasteiger partial charge on any atom is 0.320 e. The van der Waals surface area contributed by atoms with Gasteiger partial charge in [0.05, 0.1) is 0 Å². The molecule has 1 aromatic rings. The summed E-state index contributed by atoms with van der Waals surface area (Å²) in [6.45, 7) is 3.94.